The summed E-state index contributed by atoms with van der Waals surface area (Å²) in [6.07, 6.45) is 4.16. The first kappa shape index (κ1) is 21.7. The third-order valence-electron chi connectivity index (χ3n) is 5.37. The summed E-state index contributed by atoms with van der Waals surface area (Å²) in [6, 6.07) is 14.1. The molecule has 0 spiro atoms. The Morgan fingerprint density at radius 2 is 1.84 bits per heavy atom. The van der Waals surface area contributed by atoms with E-state index in [0.29, 0.717) is 13.2 Å². The van der Waals surface area contributed by atoms with Gasteiger partial charge in [-0.05, 0) is 60.4 Å². The van der Waals surface area contributed by atoms with Gasteiger partial charge in [0.15, 0.2) is 0 Å². The maximum absolute atomic E-state index is 11.9. The van der Waals surface area contributed by atoms with E-state index in [0.717, 1.165) is 64.6 Å². The number of fused-ring (bicyclic) bond motifs is 1. The van der Waals surface area contributed by atoms with Crippen molar-refractivity contribution in [3.63, 3.8) is 0 Å². The quantitative estimate of drug-likeness (QED) is 0.356. The monoisotopic (exact) mass is 455 g/mol. The predicted octanol–water partition coefficient (Wildman–Crippen LogP) is 5.90. The lowest BCUT2D eigenvalue weighted by Gasteiger charge is -2.15. The second-order valence-corrected chi connectivity index (χ2v) is 9.23. The highest BCUT2D eigenvalue weighted by atomic mass is 32.2. The molecule has 1 aliphatic heterocycles. The number of thioether (sulfide) groups is 1. The van der Waals surface area contributed by atoms with Crippen LogP contribution in [0.3, 0.4) is 0 Å². The molecule has 2 amide bonds. The molecule has 162 valence electrons. The van der Waals surface area contributed by atoms with Crippen LogP contribution in [0.5, 0.6) is 11.5 Å². The van der Waals surface area contributed by atoms with Crippen molar-refractivity contribution in [2.45, 2.75) is 32.2 Å². The highest BCUT2D eigenvalue weighted by Gasteiger charge is 2.30. The molecule has 0 N–H and O–H groups in total. The van der Waals surface area contributed by atoms with Crippen molar-refractivity contribution in [3.8, 4) is 11.5 Å². The summed E-state index contributed by atoms with van der Waals surface area (Å²) >= 11 is 2.68. The van der Waals surface area contributed by atoms with Crippen molar-refractivity contribution < 1.29 is 19.1 Å². The summed E-state index contributed by atoms with van der Waals surface area (Å²) in [6.45, 7) is 0.987. The Balaban J connectivity index is 1.30. The number of aryl methyl sites for hydroxylation is 1. The van der Waals surface area contributed by atoms with Crippen molar-refractivity contribution >= 4 is 44.3 Å². The topological polar surface area (TPSA) is 55.8 Å². The lowest BCUT2D eigenvalue weighted by Crippen LogP contribution is -2.27. The highest BCUT2D eigenvalue weighted by Crippen LogP contribution is 2.34. The number of nitrogens with zero attached hydrogens (tertiary/aromatic N) is 1. The summed E-state index contributed by atoms with van der Waals surface area (Å²) in [5, 5.41) is 2.91. The molecule has 0 atom stereocenters. The molecule has 2 heterocycles. The lowest BCUT2D eigenvalue weighted by molar-refractivity contribution is -0.124. The van der Waals surface area contributed by atoms with E-state index < -0.39 is 0 Å². The maximum atomic E-state index is 11.9. The minimum atomic E-state index is -0.164. The van der Waals surface area contributed by atoms with Crippen LogP contribution >= 0.6 is 23.1 Å². The fraction of sp³-hybridized carbons (Fsp3) is 0.333. The van der Waals surface area contributed by atoms with E-state index in [-0.39, 0.29) is 16.9 Å². The van der Waals surface area contributed by atoms with Crippen LogP contribution in [0.25, 0.3) is 10.1 Å². The van der Waals surface area contributed by atoms with Crippen LogP contribution in [0.4, 0.5) is 4.79 Å². The minimum Gasteiger partial charge on any atom is -0.496 e. The van der Waals surface area contributed by atoms with Gasteiger partial charge >= 0.3 is 0 Å². The van der Waals surface area contributed by atoms with Gasteiger partial charge in [-0.3, -0.25) is 14.5 Å². The van der Waals surface area contributed by atoms with E-state index in [1.807, 2.05) is 41.8 Å². The van der Waals surface area contributed by atoms with E-state index in [1.54, 1.807) is 18.4 Å². The molecule has 0 unspecified atom stereocenters. The molecular formula is C24H25NO4S2. The average molecular weight is 456 g/mol. The van der Waals surface area contributed by atoms with Crippen molar-refractivity contribution in [2.75, 3.05) is 19.5 Å². The fourth-order valence-corrected chi connectivity index (χ4v) is 5.38. The lowest BCUT2D eigenvalue weighted by atomic mass is 10.1. The van der Waals surface area contributed by atoms with Crippen LogP contribution in [0.15, 0.2) is 47.8 Å². The van der Waals surface area contributed by atoms with Crippen molar-refractivity contribution in [3.05, 3.63) is 59.0 Å². The van der Waals surface area contributed by atoms with E-state index in [2.05, 4.69) is 6.07 Å². The van der Waals surface area contributed by atoms with Crippen LogP contribution in [-0.2, 0) is 17.8 Å². The van der Waals surface area contributed by atoms with Gasteiger partial charge in [0.1, 0.15) is 11.5 Å². The number of hydrogen-bond donors (Lipinski definition) is 0. The number of ether oxygens (including phenoxy) is 2. The van der Waals surface area contributed by atoms with E-state index >= 15 is 0 Å². The molecule has 2 aromatic carbocycles. The molecule has 0 aliphatic carbocycles. The van der Waals surface area contributed by atoms with Gasteiger partial charge in [0, 0.05) is 10.1 Å². The van der Waals surface area contributed by atoms with Crippen LogP contribution in [0.1, 0.15) is 30.4 Å². The molecular weight excluding hydrogens is 430 g/mol. The Hall–Kier alpha value is -2.51. The first-order valence-electron chi connectivity index (χ1n) is 10.4. The summed E-state index contributed by atoms with van der Waals surface area (Å²) < 4.78 is 12.6. The van der Waals surface area contributed by atoms with Crippen molar-refractivity contribution in [1.29, 1.82) is 0 Å². The number of amides is 2. The average Bonchev–Trinajstić information content (AvgIpc) is 3.40. The molecule has 1 saturated heterocycles. The second kappa shape index (κ2) is 10.2. The summed E-state index contributed by atoms with van der Waals surface area (Å²) in [5.41, 5.74) is 2.23. The zero-order valence-electron chi connectivity index (χ0n) is 17.5. The largest absolute Gasteiger partial charge is 0.496 e. The van der Waals surface area contributed by atoms with Crippen LogP contribution < -0.4 is 9.47 Å². The third-order valence-corrected chi connectivity index (χ3v) is 7.22. The molecule has 1 aliphatic rings. The zero-order chi connectivity index (χ0) is 21.6. The van der Waals surface area contributed by atoms with Gasteiger partial charge in [-0.25, -0.2) is 0 Å². The van der Waals surface area contributed by atoms with E-state index in [9.17, 15) is 9.59 Å². The Labute approximate surface area is 190 Å². The SMILES string of the molecule is COc1ccccc1CCCCCOc1ccc(CN2C(=O)CSC2=O)c2sccc12. The number of para-hydroxylation sites is 1. The van der Waals surface area contributed by atoms with E-state index in [4.69, 9.17) is 9.47 Å². The van der Waals surface area contributed by atoms with E-state index in [1.165, 1.54) is 10.5 Å². The van der Waals surface area contributed by atoms with Gasteiger partial charge in [-0.1, -0.05) is 36.0 Å². The van der Waals surface area contributed by atoms with Gasteiger partial charge in [0.2, 0.25) is 5.91 Å². The highest BCUT2D eigenvalue weighted by molar-refractivity contribution is 8.14. The number of carbonyl (C=O) groups excluding carboxylic acids is 2. The third kappa shape index (κ3) is 5.05. The van der Waals surface area contributed by atoms with Gasteiger partial charge in [-0.15, -0.1) is 11.3 Å². The Kier molecular flexibility index (Phi) is 7.14. The normalized spacial score (nSPS) is 13.9. The maximum Gasteiger partial charge on any atom is 0.289 e. The number of hydrogen-bond acceptors (Lipinski definition) is 6. The Morgan fingerprint density at radius 3 is 2.65 bits per heavy atom. The Morgan fingerprint density at radius 1 is 0.968 bits per heavy atom. The predicted molar refractivity (Wildman–Crippen MR) is 126 cm³/mol. The first-order valence-corrected chi connectivity index (χ1v) is 12.2. The molecule has 1 aromatic heterocycles. The smallest absolute Gasteiger partial charge is 0.289 e. The molecule has 1 fully saturated rings. The summed E-state index contributed by atoms with van der Waals surface area (Å²) in [5.74, 6) is 1.94. The second-order valence-electron chi connectivity index (χ2n) is 7.39. The van der Waals surface area contributed by atoms with Gasteiger partial charge < -0.3 is 9.47 Å². The van der Waals surface area contributed by atoms with Gasteiger partial charge in [-0.2, -0.15) is 0 Å². The van der Waals surface area contributed by atoms with Crippen LogP contribution in [-0.4, -0.2) is 35.5 Å². The van der Waals surface area contributed by atoms with Gasteiger partial charge in [0.05, 0.1) is 26.0 Å². The fourth-order valence-electron chi connectivity index (χ4n) is 3.73. The molecule has 3 aromatic rings. The van der Waals surface area contributed by atoms with Gasteiger partial charge in [0.25, 0.3) is 5.24 Å². The number of rotatable bonds is 10. The molecule has 0 bridgehead atoms. The molecule has 7 heteroatoms. The van der Waals surface area contributed by atoms with Crippen LogP contribution in [0, 0.1) is 0 Å². The number of carbonyl (C=O) groups is 2. The Bertz CT molecular complexity index is 1060. The molecule has 4 rings (SSSR count). The summed E-state index contributed by atoms with van der Waals surface area (Å²) in [7, 11) is 1.71. The molecule has 31 heavy (non-hydrogen) atoms. The number of thiophene rings is 1. The molecule has 5 nitrogen and oxygen atoms in total. The number of imide groups is 1. The number of unbranched alkanes of at least 4 members (excludes halogenated alkanes) is 2. The molecule has 0 saturated carbocycles. The molecule has 0 radical (unpaired) electrons. The minimum absolute atomic E-state index is 0.117. The number of methoxy groups -OCH3 is 1. The van der Waals surface area contributed by atoms with Crippen LogP contribution in [0.2, 0.25) is 0 Å². The van der Waals surface area contributed by atoms with Crippen molar-refractivity contribution in [2.24, 2.45) is 0 Å². The number of benzene rings is 2. The first-order chi connectivity index (χ1) is 15.2. The standard InChI is InChI=1S/C24H25NO4S2/c1-28-20-9-5-4-8-17(20)7-3-2-6-13-29-21-11-10-18(23-19(21)12-14-30-23)15-25-22(26)16-31-24(25)27/h4-5,8-12,14H,2-3,6-7,13,15-16H2,1H3. The van der Waals surface area contributed by atoms with Crippen molar-refractivity contribution in [1.82, 2.24) is 4.90 Å². The zero-order valence-corrected chi connectivity index (χ0v) is 19.1. The summed E-state index contributed by atoms with van der Waals surface area (Å²) in [4.78, 5) is 25.2.